The molecule has 1 spiro atoms. The average Bonchev–Trinajstić information content (AvgIpc) is 3.65. The van der Waals surface area contributed by atoms with Gasteiger partial charge in [0.25, 0.3) is 0 Å². The summed E-state index contributed by atoms with van der Waals surface area (Å²) < 4.78 is 0. The first-order valence-electron chi connectivity index (χ1n) is 16.9. The number of hydrogen-bond donors (Lipinski definition) is 0. The van der Waals surface area contributed by atoms with Crippen molar-refractivity contribution in [3.8, 4) is 44.6 Å². The number of nitrogens with zero attached hydrogens (tertiary/aromatic N) is 2. The largest absolute Gasteiger partial charge is 0.254 e. The molecular weight excluding hydrogens is 593 g/mol. The normalized spacial score (nSPS) is 13.5. The summed E-state index contributed by atoms with van der Waals surface area (Å²) in [4.78, 5) is 9.95. The average molecular weight is 621 g/mol. The van der Waals surface area contributed by atoms with E-state index >= 15 is 0 Å². The molecule has 11 rings (SSSR count). The van der Waals surface area contributed by atoms with E-state index in [1.165, 1.54) is 66.4 Å². The lowest BCUT2D eigenvalue weighted by Crippen LogP contribution is -2.25. The summed E-state index contributed by atoms with van der Waals surface area (Å²) in [6.07, 6.45) is 1.85. The van der Waals surface area contributed by atoms with Crippen LogP contribution in [0, 0.1) is 0 Å². The molecule has 0 saturated heterocycles. The molecule has 0 unspecified atom stereocenters. The van der Waals surface area contributed by atoms with Crippen molar-refractivity contribution in [2.75, 3.05) is 0 Å². The van der Waals surface area contributed by atoms with Gasteiger partial charge in [0.1, 0.15) is 0 Å². The summed E-state index contributed by atoms with van der Waals surface area (Å²) in [5.41, 5.74) is 16.8. The van der Waals surface area contributed by atoms with Gasteiger partial charge in [-0.25, -0.2) is 4.98 Å². The van der Waals surface area contributed by atoms with E-state index in [2.05, 4.69) is 158 Å². The molecule has 2 aliphatic carbocycles. The zero-order valence-corrected chi connectivity index (χ0v) is 26.6. The third-order valence-corrected chi connectivity index (χ3v) is 10.9. The van der Waals surface area contributed by atoms with E-state index in [1.807, 2.05) is 12.3 Å². The zero-order valence-electron chi connectivity index (χ0n) is 26.6. The quantitative estimate of drug-likeness (QED) is 0.180. The van der Waals surface area contributed by atoms with Crippen molar-refractivity contribution >= 4 is 32.6 Å². The molecule has 2 aromatic heterocycles. The molecule has 0 bridgehead atoms. The lowest BCUT2D eigenvalue weighted by Gasteiger charge is -2.30. The number of rotatable bonds is 2. The SMILES string of the molecule is c1ccc2c(c1)-c1ccccc1C21c2ccccc2-c2c(-c3ccc(-c4ccc5ccc6cccnc6c5n4)c4ccccc34)cccc21. The Morgan fingerprint density at radius 2 is 0.898 bits per heavy atom. The van der Waals surface area contributed by atoms with Gasteiger partial charge in [0.15, 0.2) is 0 Å². The lowest BCUT2D eigenvalue weighted by atomic mass is 9.70. The molecule has 2 nitrogen and oxygen atoms in total. The molecule has 9 aromatic rings. The highest BCUT2D eigenvalue weighted by Crippen LogP contribution is 2.64. The summed E-state index contributed by atoms with van der Waals surface area (Å²) in [6.45, 7) is 0. The van der Waals surface area contributed by atoms with E-state index in [-0.39, 0.29) is 5.41 Å². The van der Waals surface area contributed by atoms with Crippen molar-refractivity contribution in [3.63, 3.8) is 0 Å². The molecule has 0 amide bonds. The van der Waals surface area contributed by atoms with Gasteiger partial charge in [0.05, 0.1) is 22.1 Å². The van der Waals surface area contributed by atoms with Gasteiger partial charge in [-0.15, -0.1) is 0 Å². The van der Waals surface area contributed by atoms with E-state index in [1.54, 1.807) is 0 Å². The Balaban J connectivity index is 1.17. The monoisotopic (exact) mass is 620 g/mol. The maximum atomic E-state index is 5.24. The minimum absolute atomic E-state index is 0.364. The van der Waals surface area contributed by atoms with Gasteiger partial charge in [-0.1, -0.05) is 152 Å². The van der Waals surface area contributed by atoms with Crippen LogP contribution in [0.3, 0.4) is 0 Å². The predicted molar refractivity (Wildman–Crippen MR) is 202 cm³/mol. The second-order valence-corrected chi connectivity index (χ2v) is 13.2. The fraction of sp³-hybridized carbons (Fsp3) is 0.0213. The van der Waals surface area contributed by atoms with E-state index in [0.717, 1.165) is 33.1 Å². The maximum Gasteiger partial charge on any atom is 0.0972 e. The van der Waals surface area contributed by atoms with Crippen molar-refractivity contribution < 1.29 is 0 Å². The van der Waals surface area contributed by atoms with Crippen LogP contribution in [-0.4, -0.2) is 9.97 Å². The maximum absolute atomic E-state index is 5.24. The third-order valence-electron chi connectivity index (χ3n) is 10.9. The zero-order chi connectivity index (χ0) is 32.1. The van der Waals surface area contributed by atoms with E-state index in [9.17, 15) is 0 Å². The van der Waals surface area contributed by atoms with E-state index in [0.29, 0.717) is 0 Å². The molecule has 2 heterocycles. The predicted octanol–water partition coefficient (Wildman–Crippen LogP) is 11.6. The van der Waals surface area contributed by atoms with Crippen LogP contribution in [0.5, 0.6) is 0 Å². The summed E-state index contributed by atoms with van der Waals surface area (Å²) >= 11 is 0. The van der Waals surface area contributed by atoms with E-state index in [4.69, 9.17) is 9.97 Å². The Labute approximate surface area is 284 Å². The van der Waals surface area contributed by atoms with Gasteiger partial charge in [-0.3, -0.25) is 4.98 Å². The van der Waals surface area contributed by atoms with Crippen molar-refractivity contribution in [2.24, 2.45) is 0 Å². The third kappa shape index (κ3) is 3.45. The number of aromatic nitrogens is 2. The van der Waals surface area contributed by atoms with Gasteiger partial charge in [0.2, 0.25) is 0 Å². The van der Waals surface area contributed by atoms with Crippen molar-refractivity contribution in [3.05, 3.63) is 192 Å². The highest BCUT2D eigenvalue weighted by molar-refractivity contribution is 6.10. The molecule has 2 aliphatic rings. The lowest BCUT2D eigenvalue weighted by molar-refractivity contribution is 0.794. The standard InChI is InChI=1S/C47H28N2/c1-2-13-32-31(12-1)33(25-26-36(32)43-27-24-30-23-22-29-11-10-28-48-45(29)46(30)49-43)37-17-9-21-42-44(37)38-16-5-8-20-41(38)47(42)39-18-6-3-14-34(39)35-15-4-7-19-40(35)47/h1-28H. The second kappa shape index (κ2) is 9.82. The summed E-state index contributed by atoms with van der Waals surface area (Å²) in [5.74, 6) is 0. The fourth-order valence-corrected chi connectivity index (χ4v) is 9.00. The summed E-state index contributed by atoms with van der Waals surface area (Å²) in [6, 6.07) is 60.0. The Morgan fingerprint density at radius 1 is 0.347 bits per heavy atom. The van der Waals surface area contributed by atoms with E-state index < -0.39 is 0 Å². The van der Waals surface area contributed by atoms with Gasteiger partial charge in [-0.2, -0.15) is 0 Å². The van der Waals surface area contributed by atoms with Crippen molar-refractivity contribution in [1.82, 2.24) is 9.97 Å². The van der Waals surface area contributed by atoms with Gasteiger partial charge in [0, 0.05) is 22.5 Å². The van der Waals surface area contributed by atoms with Gasteiger partial charge >= 0.3 is 0 Å². The summed E-state index contributed by atoms with van der Waals surface area (Å²) in [5, 5.41) is 4.61. The van der Waals surface area contributed by atoms with Gasteiger partial charge < -0.3 is 0 Å². The topological polar surface area (TPSA) is 25.8 Å². The minimum atomic E-state index is -0.364. The van der Waals surface area contributed by atoms with Crippen LogP contribution in [0.25, 0.3) is 77.2 Å². The Bertz CT molecular complexity index is 2800. The Kier molecular flexibility index (Phi) is 5.34. The highest BCUT2D eigenvalue weighted by Gasteiger charge is 2.51. The molecular formula is C47H28N2. The van der Waals surface area contributed by atoms with Crippen LogP contribution in [0.2, 0.25) is 0 Å². The molecule has 0 radical (unpaired) electrons. The molecule has 49 heavy (non-hydrogen) atoms. The first kappa shape index (κ1) is 26.7. The van der Waals surface area contributed by atoms with Crippen molar-refractivity contribution in [1.29, 1.82) is 0 Å². The molecule has 2 heteroatoms. The molecule has 0 saturated carbocycles. The number of hydrogen-bond acceptors (Lipinski definition) is 2. The van der Waals surface area contributed by atoms with Crippen LogP contribution >= 0.6 is 0 Å². The van der Waals surface area contributed by atoms with Crippen LogP contribution in [0.15, 0.2) is 170 Å². The molecule has 0 aliphatic heterocycles. The number of fused-ring (bicyclic) bond motifs is 14. The molecule has 7 aromatic carbocycles. The Hall–Kier alpha value is -6.38. The highest BCUT2D eigenvalue weighted by atomic mass is 14.8. The number of benzene rings is 7. The van der Waals surface area contributed by atoms with Crippen LogP contribution in [0.4, 0.5) is 0 Å². The first-order valence-corrected chi connectivity index (χ1v) is 16.9. The Morgan fingerprint density at radius 3 is 1.65 bits per heavy atom. The number of pyridine rings is 2. The second-order valence-electron chi connectivity index (χ2n) is 13.2. The van der Waals surface area contributed by atoms with Crippen LogP contribution in [-0.2, 0) is 5.41 Å². The summed E-state index contributed by atoms with van der Waals surface area (Å²) in [7, 11) is 0. The van der Waals surface area contributed by atoms with Gasteiger partial charge in [-0.05, 0) is 78.5 Å². The molecule has 0 fully saturated rings. The molecule has 226 valence electrons. The van der Waals surface area contributed by atoms with Crippen molar-refractivity contribution in [2.45, 2.75) is 5.41 Å². The first-order chi connectivity index (χ1) is 24.3. The van der Waals surface area contributed by atoms with Crippen LogP contribution in [0.1, 0.15) is 22.3 Å². The minimum Gasteiger partial charge on any atom is -0.254 e. The molecule has 0 atom stereocenters. The fourth-order valence-electron chi connectivity index (χ4n) is 9.00. The van der Waals surface area contributed by atoms with Crippen LogP contribution < -0.4 is 0 Å². The molecule has 0 N–H and O–H groups in total. The smallest absolute Gasteiger partial charge is 0.0972 e.